The number of halogens is 1. The molecule has 19 heavy (non-hydrogen) atoms. The summed E-state index contributed by atoms with van der Waals surface area (Å²) in [5, 5.41) is 3.17. The highest BCUT2D eigenvalue weighted by molar-refractivity contribution is 9.10. The third-order valence-electron chi connectivity index (χ3n) is 2.94. The topological polar surface area (TPSA) is 29.0 Å². The van der Waals surface area contributed by atoms with Crippen LogP contribution in [0.2, 0.25) is 0 Å². The number of anilines is 1. The van der Waals surface area contributed by atoms with Crippen LogP contribution < -0.4 is 4.90 Å². The summed E-state index contributed by atoms with van der Waals surface area (Å²) in [5.74, 6) is 0.981. The minimum atomic E-state index is 0.829. The molecule has 2 heterocycles. The van der Waals surface area contributed by atoms with E-state index in [9.17, 15) is 0 Å². The SMILES string of the molecule is CN(Cc1ccc(Br)cc1)c1ncnc2sccc12. The van der Waals surface area contributed by atoms with E-state index in [-0.39, 0.29) is 0 Å². The quantitative estimate of drug-likeness (QED) is 0.722. The molecule has 0 atom stereocenters. The number of fused-ring (bicyclic) bond motifs is 1. The van der Waals surface area contributed by atoms with Crippen molar-refractivity contribution in [3.63, 3.8) is 0 Å². The number of hydrogen-bond acceptors (Lipinski definition) is 4. The van der Waals surface area contributed by atoms with Crippen LogP contribution in [0.25, 0.3) is 10.2 Å². The Morgan fingerprint density at radius 2 is 1.95 bits per heavy atom. The zero-order valence-corrected chi connectivity index (χ0v) is 12.8. The Bertz CT molecular complexity index is 693. The summed E-state index contributed by atoms with van der Waals surface area (Å²) in [7, 11) is 2.06. The van der Waals surface area contributed by atoms with Crippen LogP contribution in [0.3, 0.4) is 0 Å². The number of rotatable bonds is 3. The van der Waals surface area contributed by atoms with Gasteiger partial charge in [-0.2, -0.15) is 0 Å². The van der Waals surface area contributed by atoms with Gasteiger partial charge in [-0.25, -0.2) is 9.97 Å². The Morgan fingerprint density at radius 1 is 1.16 bits per heavy atom. The number of benzene rings is 1. The molecule has 0 spiro atoms. The van der Waals surface area contributed by atoms with E-state index in [1.165, 1.54) is 5.56 Å². The van der Waals surface area contributed by atoms with Gasteiger partial charge in [0.2, 0.25) is 0 Å². The largest absolute Gasteiger partial charge is 0.355 e. The molecule has 1 aromatic carbocycles. The summed E-state index contributed by atoms with van der Waals surface area (Å²) in [6, 6.07) is 10.4. The van der Waals surface area contributed by atoms with Crippen molar-refractivity contribution >= 4 is 43.3 Å². The lowest BCUT2D eigenvalue weighted by Crippen LogP contribution is -2.17. The number of nitrogens with zero attached hydrogens (tertiary/aromatic N) is 3. The lowest BCUT2D eigenvalue weighted by Gasteiger charge is -2.18. The van der Waals surface area contributed by atoms with Crippen LogP contribution in [0.5, 0.6) is 0 Å². The molecular formula is C14H12BrN3S. The first-order valence-electron chi connectivity index (χ1n) is 5.88. The summed E-state index contributed by atoms with van der Waals surface area (Å²) >= 11 is 5.09. The van der Waals surface area contributed by atoms with Crippen LogP contribution >= 0.6 is 27.3 Å². The highest BCUT2D eigenvalue weighted by Gasteiger charge is 2.09. The molecule has 0 amide bonds. The minimum Gasteiger partial charge on any atom is -0.355 e. The second-order valence-corrected chi connectivity index (χ2v) is 6.13. The zero-order valence-electron chi connectivity index (χ0n) is 10.4. The highest BCUT2D eigenvalue weighted by Crippen LogP contribution is 2.26. The summed E-state index contributed by atoms with van der Waals surface area (Å²) in [4.78, 5) is 11.9. The maximum atomic E-state index is 4.40. The van der Waals surface area contributed by atoms with Gasteiger partial charge < -0.3 is 4.90 Å². The van der Waals surface area contributed by atoms with Gasteiger partial charge in [-0.1, -0.05) is 28.1 Å². The molecule has 3 aromatic rings. The zero-order chi connectivity index (χ0) is 13.2. The number of aromatic nitrogens is 2. The lowest BCUT2D eigenvalue weighted by atomic mass is 10.2. The standard InChI is InChI=1S/C14H12BrN3S/c1-18(8-10-2-4-11(15)5-3-10)13-12-6-7-19-14(12)17-9-16-13/h2-7,9H,8H2,1H3. The van der Waals surface area contributed by atoms with Gasteiger partial charge in [0.15, 0.2) is 0 Å². The molecule has 5 heteroatoms. The summed E-state index contributed by atoms with van der Waals surface area (Å²) in [6.45, 7) is 0.829. The van der Waals surface area contributed by atoms with Crippen molar-refractivity contribution in [3.05, 3.63) is 52.1 Å². The maximum absolute atomic E-state index is 4.40. The Morgan fingerprint density at radius 3 is 2.74 bits per heavy atom. The Balaban J connectivity index is 1.89. The van der Waals surface area contributed by atoms with Crippen molar-refractivity contribution in [2.24, 2.45) is 0 Å². The molecule has 0 fully saturated rings. The second-order valence-electron chi connectivity index (χ2n) is 4.32. The van der Waals surface area contributed by atoms with E-state index in [4.69, 9.17) is 0 Å². The Kier molecular flexibility index (Phi) is 3.48. The van der Waals surface area contributed by atoms with Gasteiger partial charge in [0.05, 0.1) is 5.39 Å². The van der Waals surface area contributed by atoms with E-state index in [0.29, 0.717) is 0 Å². The molecule has 0 aliphatic carbocycles. The second kappa shape index (κ2) is 5.27. The normalized spacial score (nSPS) is 10.8. The van der Waals surface area contributed by atoms with E-state index in [0.717, 1.165) is 27.1 Å². The van der Waals surface area contributed by atoms with Gasteiger partial charge in [0, 0.05) is 18.1 Å². The fourth-order valence-electron chi connectivity index (χ4n) is 2.02. The van der Waals surface area contributed by atoms with Gasteiger partial charge in [-0.3, -0.25) is 0 Å². The van der Waals surface area contributed by atoms with E-state index in [2.05, 4.69) is 73.6 Å². The first-order chi connectivity index (χ1) is 9.24. The van der Waals surface area contributed by atoms with Crippen LogP contribution in [0.15, 0.2) is 46.5 Å². The van der Waals surface area contributed by atoms with Crippen molar-refractivity contribution < 1.29 is 0 Å². The fourth-order valence-corrected chi connectivity index (χ4v) is 3.01. The first-order valence-corrected chi connectivity index (χ1v) is 7.55. The molecule has 3 nitrogen and oxygen atoms in total. The molecule has 3 rings (SSSR count). The molecule has 0 saturated carbocycles. The van der Waals surface area contributed by atoms with Crippen LogP contribution in [0.4, 0.5) is 5.82 Å². The third-order valence-corrected chi connectivity index (χ3v) is 4.28. The maximum Gasteiger partial charge on any atom is 0.140 e. The molecule has 0 N–H and O–H groups in total. The Hall–Kier alpha value is -1.46. The van der Waals surface area contributed by atoms with Crippen LogP contribution in [-0.2, 0) is 6.54 Å². The van der Waals surface area contributed by atoms with Crippen molar-refractivity contribution in [1.29, 1.82) is 0 Å². The smallest absolute Gasteiger partial charge is 0.140 e. The fraction of sp³-hybridized carbons (Fsp3) is 0.143. The number of hydrogen-bond donors (Lipinski definition) is 0. The van der Waals surface area contributed by atoms with E-state index < -0.39 is 0 Å². The molecule has 0 aliphatic heterocycles. The predicted octanol–water partition coefficient (Wildman–Crippen LogP) is 4.09. The molecule has 0 unspecified atom stereocenters. The van der Waals surface area contributed by atoms with Crippen LogP contribution in [-0.4, -0.2) is 17.0 Å². The highest BCUT2D eigenvalue weighted by atomic mass is 79.9. The summed E-state index contributed by atoms with van der Waals surface area (Å²) in [5.41, 5.74) is 1.26. The molecule has 2 aromatic heterocycles. The van der Waals surface area contributed by atoms with Crippen molar-refractivity contribution in [3.8, 4) is 0 Å². The average Bonchev–Trinajstić information content (AvgIpc) is 2.89. The predicted molar refractivity (Wildman–Crippen MR) is 83.7 cm³/mol. The molecule has 0 aliphatic rings. The first kappa shape index (κ1) is 12.6. The summed E-state index contributed by atoms with van der Waals surface area (Å²) < 4.78 is 1.10. The van der Waals surface area contributed by atoms with Crippen LogP contribution in [0.1, 0.15) is 5.56 Å². The summed E-state index contributed by atoms with van der Waals surface area (Å²) in [6.07, 6.45) is 1.63. The van der Waals surface area contributed by atoms with Gasteiger partial charge in [-0.05, 0) is 29.1 Å². The molecular weight excluding hydrogens is 322 g/mol. The monoisotopic (exact) mass is 333 g/mol. The van der Waals surface area contributed by atoms with Crippen molar-refractivity contribution in [2.45, 2.75) is 6.54 Å². The Labute approximate surface area is 124 Å². The lowest BCUT2D eigenvalue weighted by molar-refractivity contribution is 0.900. The van der Waals surface area contributed by atoms with Gasteiger partial charge >= 0.3 is 0 Å². The molecule has 96 valence electrons. The number of thiophene rings is 1. The third kappa shape index (κ3) is 2.62. The van der Waals surface area contributed by atoms with Crippen LogP contribution in [0, 0.1) is 0 Å². The van der Waals surface area contributed by atoms with Gasteiger partial charge in [0.1, 0.15) is 17.0 Å². The van der Waals surface area contributed by atoms with E-state index >= 15 is 0 Å². The minimum absolute atomic E-state index is 0.829. The van der Waals surface area contributed by atoms with Crippen molar-refractivity contribution in [2.75, 3.05) is 11.9 Å². The van der Waals surface area contributed by atoms with Gasteiger partial charge in [-0.15, -0.1) is 11.3 Å². The average molecular weight is 334 g/mol. The van der Waals surface area contributed by atoms with E-state index in [1.807, 2.05) is 0 Å². The van der Waals surface area contributed by atoms with Crippen molar-refractivity contribution in [1.82, 2.24) is 9.97 Å². The van der Waals surface area contributed by atoms with Gasteiger partial charge in [0.25, 0.3) is 0 Å². The molecule has 0 saturated heterocycles. The molecule has 0 bridgehead atoms. The van der Waals surface area contributed by atoms with E-state index in [1.54, 1.807) is 17.7 Å². The molecule has 0 radical (unpaired) electrons.